The molecule has 0 aliphatic heterocycles. The molecule has 4 aromatic heterocycles. The Balaban J connectivity index is 1.09. The van der Waals surface area contributed by atoms with Crippen LogP contribution in [0.25, 0.3) is 121 Å². The highest BCUT2D eigenvalue weighted by Crippen LogP contribution is 2.44. The molecular weight excluding hydrogens is 721 g/mol. The molecule has 59 heavy (non-hydrogen) atoms. The third-order valence-corrected chi connectivity index (χ3v) is 12.1. The maximum atomic E-state index is 6.97. The smallest absolute Gasteiger partial charge is 0.235 e. The number of aromatic nitrogens is 4. The van der Waals surface area contributed by atoms with Crippen molar-refractivity contribution in [2.24, 2.45) is 0 Å². The average Bonchev–Trinajstić information content (AvgIpc) is 3.95. The fraction of sp³-hybridized carbons (Fsp3) is 0. The van der Waals surface area contributed by atoms with E-state index in [-0.39, 0.29) is 0 Å². The van der Waals surface area contributed by atoms with Gasteiger partial charge in [-0.05, 0) is 53.6 Å². The van der Waals surface area contributed by atoms with Gasteiger partial charge in [0, 0.05) is 60.1 Å². The zero-order valence-electron chi connectivity index (χ0n) is 31.7. The lowest BCUT2D eigenvalue weighted by molar-refractivity contribution is 0.673. The van der Waals surface area contributed by atoms with Crippen LogP contribution in [0.4, 0.5) is 0 Å². The van der Waals surface area contributed by atoms with Crippen molar-refractivity contribution in [2.75, 3.05) is 0 Å². The number of fused-ring (bicyclic) bond motifs is 12. The molecule has 0 amide bonds. The van der Waals surface area contributed by atoms with Crippen molar-refractivity contribution in [3.8, 4) is 34.0 Å². The van der Waals surface area contributed by atoms with Gasteiger partial charge in [-0.25, -0.2) is 9.97 Å². The van der Waals surface area contributed by atoms with Crippen LogP contribution < -0.4 is 0 Å². The van der Waals surface area contributed by atoms with Crippen molar-refractivity contribution in [1.29, 1.82) is 0 Å². The van der Waals surface area contributed by atoms with Crippen LogP contribution in [-0.2, 0) is 0 Å². The van der Waals surface area contributed by atoms with Crippen LogP contribution in [0.2, 0.25) is 0 Å². The highest BCUT2D eigenvalue weighted by molar-refractivity contribution is 6.23. The summed E-state index contributed by atoms with van der Waals surface area (Å²) in [5.74, 6) is 0.624. The van der Waals surface area contributed by atoms with E-state index in [4.69, 9.17) is 14.4 Å². The van der Waals surface area contributed by atoms with Crippen molar-refractivity contribution >= 4 is 87.2 Å². The molecule has 0 aliphatic rings. The average molecular weight is 753 g/mol. The summed E-state index contributed by atoms with van der Waals surface area (Å²) in [7, 11) is 0. The first kappa shape index (κ1) is 32.1. The van der Waals surface area contributed by atoms with Gasteiger partial charge in [0.25, 0.3) is 0 Å². The number of nitrogens with zero attached hydrogens (tertiary/aromatic N) is 4. The Morgan fingerprint density at radius 1 is 0.339 bits per heavy atom. The standard InChI is InChI=1S/C54H32N4O/c1-3-15-33(16-4-1)35-27-28-48-41(29-35)37-20-10-13-25-46(37)57(48)49-31-44-43-30-42-38-21-11-14-26-47(38)58(50(42)32-51(43)59-53(44)39-22-8-7-19-36(39)49)54-55-45-24-12-9-23-40(45)52(56-54)34-17-5-2-6-18-34/h1-32H. The van der Waals surface area contributed by atoms with Gasteiger partial charge in [-0.15, -0.1) is 0 Å². The largest absolute Gasteiger partial charge is 0.455 e. The third kappa shape index (κ3) is 4.67. The van der Waals surface area contributed by atoms with Crippen LogP contribution in [0.5, 0.6) is 0 Å². The molecule has 0 N–H and O–H groups in total. The molecule has 0 unspecified atom stereocenters. The molecule has 0 spiro atoms. The van der Waals surface area contributed by atoms with Crippen LogP contribution in [0.3, 0.4) is 0 Å². The summed E-state index contributed by atoms with van der Waals surface area (Å²) in [5.41, 5.74) is 12.4. The molecule has 0 atom stereocenters. The summed E-state index contributed by atoms with van der Waals surface area (Å²) in [6.45, 7) is 0. The van der Waals surface area contributed by atoms with E-state index < -0.39 is 0 Å². The maximum Gasteiger partial charge on any atom is 0.235 e. The van der Waals surface area contributed by atoms with Gasteiger partial charge in [0.05, 0.1) is 39.0 Å². The molecule has 0 saturated carbocycles. The summed E-state index contributed by atoms with van der Waals surface area (Å²) in [6.07, 6.45) is 0. The molecule has 274 valence electrons. The molecule has 9 aromatic carbocycles. The Labute approximate surface area is 337 Å². The van der Waals surface area contributed by atoms with Crippen LogP contribution in [-0.4, -0.2) is 19.1 Å². The second kappa shape index (κ2) is 12.2. The predicted molar refractivity (Wildman–Crippen MR) is 244 cm³/mol. The summed E-state index contributed by atoms with van der Waals surface area (Å²) in [4.78, 5) is 10.5. The van der Waals surface area contributed by atoms with Gasteiger partial charge >= 0.3 is 0 Å². The molecule has 0 radical (unpaired) electrons. The Bertz CT molecular complexity index is 3840. The lowest BCUT2D eigenvalue weighted by Crippen LogP contribution is -2.03. The maximum absolute atomic E-state index is 6.97. The topological polar surface area (TPSA) is 48.8 Å². The molecule has 13 rings (SSSR count). The SMILES string of the molecule is c1ccc(-c2ccc3c(c2)c2ccccc2n3-c2cc3c4cc5c6ccccc6n(-c6nc(-c7ccccc7)c7ccccc7n6)c5cc4oc3c3ccccc23)cc1. The zero-order chi connectivity index (χ0) is 38.6. The quantitative estimate of drug-likeness (QED) is 0.180. The van der Waals surface area contributed by atoms with Crippen LogP contribution in [0.15, 0.2) is 199 Å². The van der Waals surface area contributed by atoms with Gasteiger partial charge in [-0.3, -0.25) is 4.57 Å². The zero-order valence-corrected chi connectivity index (χ0v) is 31.7. The number of rotatable bonds is 4. The summed E-state index contributed by atoms with van der Waals surface area (Å²) < 4.78 is 11.6. The summed E-state index contributed by atoms with van der Waals surface area (Å²) in [5, 5.41) is 10.1. The van der Waals surface area contributed by atoms with Crippen LogP contribution in [0.1, 0.15) is 0 Å². The Morgan fingerprint density at radius 3 is 1.69 bits per heavy atom. The van der Waals surface area contributed by atoms with Gasteiger partial charge in [0.1, 0.15) is 11.2 Å². The van der Waals surface area contributed by atoms with E-state index in [1.54, 1.807) is 0 Å². The van der Waals surface area contributed by atoms with E-state index in [9.17, 15) is 0 Å². The van der Waals surface area contributed by atoms with E-state index in [0.717, 1.165) is 82.4 Å². The van der Waals surface area contributed by atoms with Crippen molar-refractivity contribution in [3.63, 3.8) is 0 Å². The monoisotopic (exact) mass is 752 g/mol. The van der Waals surface area contributed by atoms with E-state index in [1.807, 2.05) is 12.1 Å². The van der Waals surface area contributed by atoms with E-state index in [0.29, 0.717) is 5.95 Å². The van der Waals surface area contributed by atoms with Gasteiger partial charge in [0.2, 0.25) is 5.95 Å². The predicted octanol–water partition coefficient (Wildman–Crippen LogP) is 14.2. The summed E-state index contributed by atoms with van der Waals surface area (Å²) in [6, 6.07) is 68.9. The fourth-order valence-electron chi connectivity index (χ4n) is 9.46. The lowest BCUT2D eigenvalue weighted by Gasteiger charge is -2.13. The minimum absolute atomic E-state index is 0.624. The molecule has 5 nitrogen and oxygen atoms in total. The van der Waals surface area contributed by atoms with Gasteiger partial charge < -0.3 is 8.98 Å². The molecule has 0 aliphatic carbocycles. The highest BCUT2D eigenvalue weighted by atomic mass is 16.3. The Morgan fingerprint density at radius 2 is 0.932 bits per heavy atom. The van der Waals surface area contributed by atoms with Crippen LogP contribution >= 0.6 is 0 Å². The molecule has 0 fully saturated rings. The normalized spacial score (nSPS) is 12.1. The number of hydrogen-bond donors (Lipinski definition) is 0. The number of hydrogen-bond acceptors (Lipinski definition) is 3. The number of furan rings is 1. The second-order valence-corrected chi connectivity index (χ2v) is 15.3. The Hall–Kier alpha value is -8.02. The van der Waals surface area contributed by atoms with E-state index in [2.05, 4.69) is 191 Å². The number of para-hydroxylation sites is 3. The first-order chi connectivity index (χ1) is 29.3. The third-order valence-electron chi connectivity index (χ3n) is 12.1. The molecule has 13 aromatic rings. The van der Waals surface area contributed by atoms with Crippen molar-refractivity contribution < 1.29 is 4.42 Å². The molecule has 0 bridgehead atoms. The van der Waals surface area contributed by atoms with Gasteiger partial charge in [-0.2, -0.15) is 0 Å². The molecular formula is C54H32N4O. The minimum Gasteiger partial charge on any atom is -0.455 e. The van der Waals surface area contributed by atoms with Crippen molar-refractivity contribution in [3.05, 3.63) is 194 Å². The van der Waals surface area contributed by atoms with Crippen molar-refractivity contribution in [1.82, 2.24) is 19.1 Å². The van der Waals surface area contributed by atoms with Crippen LogP contribution in [0, 0.1) is 0 Å². The number of benzene rings is 9. The van der Waals surface area contributed by atoms with E-state index in [1.165, 1.54) is 32.9 Å². The molecule has 4 heterocycles. The highest BCUT2D eigenvalue weighted by Gasteiger charge is 2.22. The first-order valence-electron chi connectivity index (χ1n) is 20.0. The fourth-order valence-corrected chi connectivity index (χ4v) is 9.46. The molecule has 0 saturated heterocycles. The summed E-state index contributed by atoms with van der Waals surface area (Å²) >= 11 is 0. The Kier molecular flexibility index (Phi) is 6.66. The van der Waals surface area contributed by atoms with E-state index >= 15 is 0 Å². The van der Waals surface area contributed by atoms with Crippen molar-refractivity contribution in [2.45, 2.75) is 0 Å². The second-order valence-electron chi connectivity index (χ2n) is 15.3. The molecule has 5 heteroatoms. The minimum atomic E-state index is 0.624. The van der Waals surface area contributed by atoms with Gasteiger partial charge in [-0.1, -0.05) is 146 Å². The first-order valence-corrected chi connectivity index (χ1v) is 20.0. The lowest BCUT2D eigenvalue weighted by atomic mass is 10.0. The van der Waals surface area contributed by atoms with Gasteiger partial charge in [0.15, 0.2) is 0 Å².